The number of anilines is 2. The standard InChI is InChI=1S/C23H20N4O4/c1-2-16-13-19(28)26-22(24-16)14-5-3-7-17(11-14)25-23(31)15-6-4-8-18(12-15)27-20(29)9-10-21(27)30/h3-8,11-13H,2,9-10H2,1H3,(H,25,31)(H,24,26,28). The van der Waals surface area contributed by atoms with E-state index in [2.05, 4.69) is 15.3 Å². The van der Waals surface area contributed by atoms with Gasteiger partial charge < -0.3 is 10.3 Å². The molecule has 156 valence electrons. The number of nitrogens with zero attached hydrogens (tertiary/aromatic N) is 2. The van der Waals surface area contributed by atoms with Crippen molar-refractivity contribution < 1.29 is 14.4 Å². The van der Waals surface area contributed by atoms with E-state index in [0.29, 0.717) is 40.4 Å². The number of carbonyl (C=O) groups excluding carboxylic acids is 3. The predicted molar refractivity (Wildman–Crippen MR) is 116 cm³/mol. The Morgan fingerprint density at radius 1 is 1.03 bits per heavy atom. The van der Waals surface area contributed by atoms with Crippen LogP contribution >= 0.6 is 0 Å². The zero-order chi connectivity index (χ0) is 22.0. The van der Waals surface area contributed by atoms with Crippen molar-refractivity contribution in [1.82, 2.24) is 9.97 Å². The zero-order valence-electron chi connectivity index (χ0n) is 16.8. The van der Waals surface area contributed by atoms with Crippen molar-refractivity contribution in [2.45, 2.75) is 26.2 Å². The molecule has 0 aliphatic carbocycles. The molecule has 8 nitrogen and oxygen atoms in total. The number of nitrogens with one attached hydrogen (secondary N) is 2. The fraction of sp³-hybridized carbons (Fsp3) is 0.174. The van der Waals surface area contributed by atoms with Gasteiger partial charge in [-0.25, -0.2) is 4.98 Å². The summed E-state index contributed by atoms with van der Waals surface area (Å²) in [4.78, 5) is 56.8. The van der Waals surface area contributed by atoms with Gasteiger partial charge in [-0.3, -0.25) is 24.1 Å². The summed E-state index contributed by atoms with van der Waals surface area (Å²) in [5, 5.41) is 2.80. The Balaban J connectivity index is 1.57. The summed E-state index contributed by atoms with van der Waals surface area (Å²) in [5.41, 5.74) is 2.31. The first-order valence-electron chi connectivity index (χ1n) is 9.92. The zero-order valence-corrected chi connectivity index (χ0v) is 16.8. The molecule has 31 heavy (non-hydrogen) atoms. The summed E-state index contributed by atoms with van der Waals surface area (Å²) in [6, 6.07) is 14.8. The van der Waals surface area contributed by atoms with Crippen LogP contribution < -0.4 is 15.8 Å². The molecule has 0 spiro atoms. The summed E-state index contributed by atoms with van der Waals surface area (Å²) in [7, 11) is 0. The van der Waals surface area contributed by atoms with Gasteiger partial charge in [0.2, 0.25) is 11.8 Å². The topological polar surface area (TPSA) is 112 Å². The first-order chi connectivity index (χ1) is 14.9. The fourth-order valence-electron chi connectivity index (χ4n) is 3.42. The highest BCUT2D eigenvalue weighted by Gasteiger charge is 2.30. The molecular weight excluding hydrogens is 396 g/mol. The molecule has 0 bridgehead atoms. The van der Waals surface area contributed by atoms with Crippen LogP contribution in [-0.4, -0.2) is 27.7 Å². The number of hydrogen-bond acceptors (Lipinski definition) is 5. The van der Waals surface area contributed by atoms with Crippen LogP contribution in [0.3, 0.4) is 0 Å². The summed E-state index contributed by atoms with van der Waals surface area (Å²) in [6.45, 7) is 1.92. The third-order valence-electron chi connectivity index (χ3n) is 4.97. The van der Waals surface area contributed by atoms with Crippen molar-refractivity contribution in [2.24, 2.45) is 0 Å². The van der Waals surface area contributed by atoms with Gasteiger partial charge in [0.15, 0.2) is 0 Å². The number of rotatable bonds is 5. The summed E-state index contributed by atoms with van der Waals surface area (Å²) in [5.74, 6) is -0.507. The maximum Gasteiger partial charge on any atom is 0.255 e. The number of aromatic nitrogens is 2. The van der Waals surface area contributed by atoms with Crippen LogP contribution in [0.1, 0.15) is 35.8 Å². The van der Waals surface area contributed by atoms with Crippen LogP contribution in [0.2, 0.25) is 0 Å². The molecule has 0 unspecified atom stereocenters. The first kappa shape index (κ1) is 20.2. The van der Waals surface area contributed by atoms with Crippen molar-refractivity contribution in [2.75, 3.05) is 10.2 Å². The van der Waals surface area contributed by atoms with E-state index in [1.54, 1.807) is 42.5 Å². The number of H-pyrrole nitrogens is 1. The van der Waals surface area contributed by atoms with E-state index in [1.165, 1.54) is 12.1 Å². The van der Waals surface area contributed by atoms with Crippen LogP contribution in [0, 0.1) is 0 Å². The highest BCUT2D eigenvalue weighted by Crippen LogP contribution is 2.24. The summed E-state index contributed by atoms with van der Waals surface area (Å²) in [6.07, 6.45) is 0.987. The smallest absolute Gasteiger partial charge is 0.255 e. The van der Waals surface area contributed by atoms with Gasteiger partial charge in [-0.05, 0) is 36.8 Å². The van der Waals surface area contributed by atoms with Gasteiger partial charge in [0.05, 0.1) is 5.69 Å². The van der Waals surface area contributed by atoms with Gasteiger partial charge in [0.1, 0.15) is 5.82 Å². The Hall–Kier alpha value is -4.07. The van der Waals surface area contributed by atoms with Gasteiger partial charge in [-0.15, -0.1) is 0 Å². The highest BCUT2D eigenvalue weighted by atomic mass is 16.2. The van der Waals surface area contributed by atoms with Crippen molar-refractivity contribution in [3.63, 3.8) is 0 Å². The number of aromatic amines is 1. The van der Waals surface area contributed by atoms with Gasteiger partial charge >= 0.3 is 0 Å². The van der Waals surface area contributed by atoms with E-state index in [4.69, 9.17) is 0 Å². The molecule has 4 rings (SSSR count). The fourth-order valence-corrected chi connectivity index (χ4v) is 3.42. The Labute approximate surface area is 177 Å². The maximum atomic E-state index is 12.8. The molecule has 2 aromatic carbocycles. The molecule has 0 saturated carbocycles. The van der Waals surface area contributed by atoms with Gasteiger partial charge in [0.25, 0.3) is 11.5 Å². The third-order valence-corrected chi connectivity index (χ3v) is 4.97. The van der Waals surface area contributed by atoms with E-state index in [9.17, 15) is 19.2 Å². The summed E-state index contributed by atoms with van der Waals surface area (Å²) >= 11 is 0. The second-order valence-electron chi connectivity index (χ2n) is 7.15. The molecule has 2 N–H and O–H groups in total. The third kappa shape index (κ3) is 4.28. The highest BCUT2D eigenvalue weighted by molar-refractivity contribution is 6.20. The van der Waals surface area contributed by atoms with Crippen LogP contribution in [0.15, 0.2) is 59.4 Å². The van der Waals surface area contributed by atoms with E-state index in [0.717, 1.165) is 4.90 Å². The van der Waals surface area contributed by atoms with Crippen LogP contribution in [0.5, 0.6) is 0 Å². The molecule has 0 radical (unpaired) electrons. The quantitative estimate of drug-likeness (QED) is 0.621. The maximum absolute atomic E-state index is 12.8. The Morgan fingerprint density at radius 3 is 2.52 bits per heavy atom. The lowest BCUT2D eigenvalue weighted by Gasteiger charge is -2.15. The van der Waals surface area contributed by atoms with E-state index in [-0.39, 0.29) is 36.1 Å². The molecule has 1 aliphatic rings. The number of aryl methyl sites for hydroxylation is 1. The molecule has 8 heteroatoms. The summed E-state index contributed by atoms with van der Waals surface area (Å²) < 4.78 is 0. The minimum Gasteiger partial charge on any atom is -0.322 e. The Kier molecular flexibility index (Phi) is 5.44. The van der Waals surface area contributed by atoms with Gasteiger partial charge in [-0.2, -0.15) is 0 Å². The van der Waals surface area contributed by atoms with Crippen LogP contribution in [-0.2, 0) is 16.0 Å². The Bertz CT molecular complexity index is 1230. The van der Waals surface area contributed by atoms with E-state index in [1.807, 2.05) is 6.92 Å². The molecule has 1 aliphatic heterocycles. The SMILES string of the molecule is CCc1cc(=O)[nH]c(-c2cccc(NC(=O)c3cccc(N4C(=O)CCC4=O)c3)c2)n1. The Morgan fingerprint density at radius 2 is 1.77 bits per heavy atom. The average Bonchev–Trinajstić information content (AvgIpc) is 3.11. The van der Waals surface area contributed by atoms with Crippen molar-refractivity contribution >= 4 is 29.1 Å². The number of carbonyl (C=O) groups is 3. The molecule has 3 amide bonds. The average molecular weight is 416 g/mol. The normalized spacial score (nSPS) is 13.5. The molecule has 0 atom stereocenters. The number of hydrogen-bond donors (Lipinski definition) is 2. The van der Waals surface area contributed by atoms with E-state index < -0.39 is 0 Å². The number of benzene rings is 2. The lowest BCUT2D eigenvalue weighted by Crippen LogP contribution is -2.28. The molecule has 2 heterocycles. The second kappa shape index (κ2) is 8.35. The predicted octanol–water partition coefficient (Wildman–Crippen LogP) is 2.91. The second-order valence-corrected chi connectivity index (χ2v) is 7.15. The molecule has 1 fully saturated rings. The molecule has 1 aromatic heterocycles. The van der Waals surface area contributed by atoms with Crippen LogP contribution in [0.25, 0.3) is 11.4 Å². The van der Waals surface area contributed by atoms with Gasteiger partial charge in [0, 0.05) is 41.4 Å². The van der Waals surface area contributed by atoms with Crippen molar-refractivity contribution in [3.8, 4) is 11.4 Å². The van der Waals surface area contributed by atoms with Crippen LogP contribution in [0.4, 0.5) is 11.4 Å². The van der Waals surface area contributed by atoms with Crippen molar-refractivity contribution in [3.05, 3.63) is 76.2 Å². The molecule has 3 aromatic rings. The number of amides is 3. The lowest BCUT2D eigenvalue weighted by atomic mass is 10.1. The number of imide groups is 1. The van der Waals surface area contributed by atoms with Crippen molar-refractivity contribution in [1.29, 1.82) is 0 Å². The van der Waals surface area contributed by atoms with E-state index >= 15 is 0 Å². The first-order valence-corrected chi connectivity index (χ1v) is 9.92. The minimum absolute atomic E-state index is 0.178. The lowest BCUT2D eigenvalue weighted by molar-refractivity contribution is -0.121. The minimum atomic E-state index is -0.387. The monoisotopic (exact) mass is 416 g/mol. The molecular formula is C23H20N4O4. The van der Waals surface area contributed by atoms with Gasteiger partial charge in [-0.1, -0.05) is 25.1 Å². The largest absolute Gasteiger partial charge is 0.322 e. The molecule has 1 saturated heterocycles.